The second-order valence-corrected chi connectivity index (χ2v) is 6.84. The first-order valence-corrected chi connectivity index (χ1v) is 8.92. The van der Waals surface area contributed by atoms with Crippen molar-refractivity contribution in [3.8, 4) is 0 Å². The summed E-state index contributed by atoms with van der Waals surface area (Å²) >= 11 is 1.41. The van der Waals surface area contributed by atoms with E-state index in [9.17, 15) is 9.90 Å². The Labute approximate surface area is 139 Å². The van der Waals surface area contributed by atoms with Crippen LogP contribution in [0.25, 0.3) is 0 Å². The van der Waals surface area contributed by atoms with Gasteiger partial charge in [-0.05, 0) is 39.7 Å². The van der Waals surface area contributed by atoms with Crippen LogP contribution in [0.2, 0.25) is 0 Å². The van der Waals surface area contributed by atoms with Crippen LogP contribution in [0.15, 0.2) is 11.2 Å². The van der Waals surface area contributed by atoms with Gasteiger partial charge in [0.1, 0.15) is 6.61 Å². The van der Waals surface area contributed by atoms with Gasteiger partial charge < -0.3 is 14.2 Å². The molecule has 0 aliphatic heterocycles. The highest BCUT2D eigenvalue weighted by atomic mass is 32.2. The van der Waals surface area contributed by atoms with Crippen molar-refractivity contribution >= 4 is 17.5 Å². The van der Waals surface area contributed by atoms with Crippen molar-refractivity contribution in [1.29, 1.82) is 0 Å². The van der Waals surface area contributed by atoms with Crippen LogP contribution in [0.4, 0.5) is 0 Å². The summed E-state index contributed by atoms with van der Waals surface area (Å²) in [4.78, 5) is 12.6. The Hall–Kier alpha value is -1.60. The SMILES string of the molecule is CCn1c(C)cc(C(=O)CSc2nnc(CO)n2C2CC2)c1C. The minimum absolute atomic E-state index is 0.110. The van der Waals surface area contributed by atoms with Crippen molar-refractivity contribution < 1.29 is 9.90 Å². The highest BCUT2D eigenvalue weighted by Crippen LogP contribution is 2.38. The van der Waals surface area contributed by atoms with Crippen molar-refractivity contribution in [3.05, 3.63) is 28.8 Å². The maximum Gasteiger partial charge on any atom is 0.191 e. The van der Waals surface area contributed by atoms with E-state index in [4.69, 9.17) is 0 Å². The van der Waals surface area contributed by atoms with Gasteiger partial charge in [0.05, 0.1) is 5.75 Å². The predicted molar refractivity (Wildman–Crippen MR) is 88.9 cm³/mol. The Bertz CT molecular complexity index is 731. The molecule has 7 heteroatoms. The minimum Gasteiger partial charge on any atom is -0.388 e. The summed E-state index contributed by atoms with van der Waals surface area (Å²) in [6.45, 7) is 6.85. The molecule has 0 amide bonds. The summed E-state index contributed by atoms with van der Waals surface area (Å²) in [6, 6.07) is 2.35. The Morgan fingerprint density at radius 2 is 2.13 bits per heavy atom. The topological polar surface area (TPSA) is 72.9 Å². The van der Waals surface area contributed by atoms with Crippen molar-refractivity contribution in [3.63, 3.8) is 0 Å². The fraction of sp³-hybridized carbons (Fsp3) is 0.562. The molecule has 0 unspecified atom stereocenters. The summed E-state index contributed by atoms with van der Waals surface area (Å²) in [6.07, 6.45) is 2.17. The number of aromatic nitrogens is 4. The maximum atomic E-state index is 12.6. The van der Waals surface area contributed by atoms with E-state index >= 15 is 0 Å². The molecule has 0 bridgehead atoms. The first-order valence-electron chi connectivity index (χ1n) is 7.94. The third-order valence-corrected chi connectivity index (χ3v) is 5.25. The molecule has 1 saturated carbocycles. The third-order valence-electron chi connectivity index (χ3n) is 4.31. The molecule has 1 aliphatic rings. The number of nitrogens with zero attached hydrogens (tertiary/aromatic N) is 4. The number of carbonyl (C=O) groups excluding carboxylic acids is 1. The zero-order chi connectivity index (χ0) is 16.6. The van der Waals surface area contributed by atoms with E-state index in [1.165, 1.54) is 11.8 Å². The van der Waals surface area contributed by atoms with Gasteiger partial charge in [0.25, 0.3) is 0 Å². The molecule has 2 aromatic rings. The maximum absolute atomic E-state index is 12.6. The zero-order valence-corrected chi connectivity index (χ0v) is 14.6. The number of thioether (sulfide) groups is 1. The van der Waals surface area contributed by atoms with E-state index in [2.05, 4.69) is 21.7 Å². The van der Waals surface area contributed by atoms with Gasteiger partial charge in [-0.3, -0.25) is 4.79 Å². The van der Waals surface area contributed by atoms with Crippen LogP contribution in [0.1, 0.15) is 53.4 Å². The van der Waals surface area contributed by atoms with E-state index in [1.807, 2.05) is 24.5 Å². The van der Waals surface area contributed by atoms with Gasteiger partial charge in [0.15, 0.2) is 16.8 Å². The van der Waals surface area contributed by atoms with Crippen LogP contribution in [-0.4, -0.2) is 36.0 Å². The Balaban J connectivity index is 1.74. The molecule has 0 atom stereocenters. The van der Waals surface area contributed by atoms with Gasteiger partial charge in [0.2, 0.25) is 0 Å². The van der Waals surface area contributed by atoms with Gasteiger partial charge in [-0.1, -0.05) is 11.8 Å². The van der Waals surface area contributed by atoms with Crippen LogP contribution >= 0.6 is 11.8 Å². The zero-order valence-electron chi connectivity index (χ0n) is 13.7. The van der Waals surface area contributed by atoms with Crippen molar-refractivity contribution in [2.45, 2.75) is 58.0 Å². The number of carbonyl (C=O) groups is 1. The summed E-state index contributed by atoms with van der Waals surface area (Å²) in [7, 11) is 0. The Morgan fingerprint density at radius 3 is 2.70 bits per heavy atom. The Kier molecular flexibility index (Phi) is 4.59. The number of hydrogen-bond acceptors (Lipinski definition) is 5. The standard InChI is InChI=1S/C16H22N4O2S/c1-4-19-10(2)7-13(11(19)3)14(22)9-23-16-18-17-15(8-21)20(16)12-5-6-12/h7,12,21H,4-6,8-9H2,1-3H3. The second kappa shape index (κ2) is 6.49. The first kappa shape index (κ1) is 16.3. The number of aliphatic hydroxyl groups is 1. The Morgan fingerprint density at radius 1 is 1.39 bits per heavy atom. The van der Waals surface area contributed by atoms with Gasteiger partial charge in [-0.15, -0.1) is 10.2 Å². The van der Waals surface area contributed by atoms with Crippen LogP contribution in [0.5, 0.6) is 0 Å². The van der Waals surface area contributed by atoms with Gasteiger partial charge in [-0.25, -0.2) is 0 Å². The number of aryl methyl sites for hydroxylation is 1. The molecule has 6 nitrogen and oxygen atoms in total. The smallest absolute Gasteiger partial charge is 0.191 e. The summed E-state index contributed by atoms with van der Waals surface area (Å²) in [5.41, 5.74) is 2.93. The lowest BCUT2D eigenvalue weighted by Crippen LogP contribution is -2.08. The predicted octanol–water partition coefficient (Wildman–Crippen LogP) is 2.52. The molecule has 1 aliphatic carbocycles. The van der Waals surface area contributed by atoms with E-state index < -0.39 is 0 Å². The third kappa shape index (κ3) is 3.07. The first-order chi connectivity index (χ1) is 11.1. The van der Waals surface area contributed by atoms with Gasteiger partial charge >= 0.3 is 0 Å². The lowest BCUT2D eigenvalue weighted by molar-refractivity contribution is 0.102. The molecule has 0 spiro atoms. The van der Waals surface area contributed by atoms with Crippen molar-refractivity contribution in [2.75, 3.05) is 5.75 Å². The molecular weight excluding hydrogens is 312 g/mol. The number of Topliss-reactive ketones (excluding diaryl/α,β-unsaturated/α-hetero) is 1. The van der Waals surface area contributed by atoms with Crippen LogP contribution < -0.4 is 0 Å². The largest absolute Gasteiger partial charge is 0.388 e. The normalized spacial score (nSPS) is 14.4. The number of hydrogen-bond donors (Lipinski definition) is 1. The van der Waals surface area contributed by atoms with E-state index in [0.717, 1.165) is 41.5 Å². The van der Waals surface area contributed by atoms with Gasteiger partial charge in [-0.2, -0.15) is 0 Å². The average Bonchev–Trinajstić information content (AvgIpc) is 3.23. The molecule has 0 radical (unpaired) electrons. The number of aliphatic hydroxyl groups excluding tert-OH is 1. The van der Waals surface area contributed by atoms with E-state index in [1.54, 1.807) is 0 Å². The fourth-order valence-corrected chi connectivity index (χ4v) is 3.90. The quantitative estimate of drug-likeness (QED) is 0.622. The number of ketones is 1. The summed E-state index contributed by atoms with van der Waals surface area (Å²) < 4.78 is 4.13. The van der Waals surface area contributed by atoms with Crippen LogP contribution in [-0.2, 0) is 13.2 Å². The van der Waals surface area contributed by atoms with E-state index in [-0.39, 0.29) is 12.4 Å². The minimum atomic E-state index is -0.115. The molecule has 0 aromatic carbocycles. The van der Waals surface area contributed by atoms with Crippen molar-refractivity contribution in [1.82, 2.24) is 19.3 Å². The number of rotatable bonds is 7. The molecule has 1 fully saturated rings. The average molecular weight is 334 g/mol. The highest BCUT2D eigenvalue weighted by molar-refractivity contribution is 7.99. The lowest BCUT2D eigenvalue weighted by Gasteiger charge is -2.07. The molecular formula is C16H22N4O2S. The fourth-order valence-electron chi connectivity index (χ4n) is 2.99. The molecule has 3 rings (SSSR count). The molecule has 2 heterocycles. The molecule has 1 N–H and O–H groups in total. The van der Waals surface area contributed by atoms with Gasteiger partial charge in [0, 0.05) is 29.5 Å². The molecule has 2 aromatic heterocycles. The highest BCUT2D eigenvalue weighted by Gasteiger charge is 2.29. The monoisotopic (exact) mass is 334 g/mol. The summed E-state index contributed by atoms with van der Waals surface area (Å²) in [5.74, 6) is 1.04. The summed E-state index contributed by atoms with van der Waals surface area (Å²) in [5, 5.41) is 18.2. The second-order valence-electron chi connectivity index (χ2n) is 5.90. The van der Waals surface area contributed by atoms with E-state index in [0.29, 0.717) is 17.6 Å². The molecule has 124 valence electrons. The lowest BCUT2D eigenvalue weighted by atomic mass is 10.2. The van der Waals surface area contributed by atoms with Crippen LogP contribution in [0, 0.1) is 13.8 Å². The molecule has 23 heavy (non-hydrogen) atoms. The molecule has 0 saturated heterocycles. The van der Waals surface area contributed by atoms with Crippen molar-refractivity contribution in [2.24, 2.45) is 0 Å². The van der Waals surface area contributed by atoms with Crippen LogP contribution in [0.3, 0.4) is 0 Å².